The van der Waals surface area contributed by atoms with Crippen LogP contribution in [-0.2, 0) is 0 Å². The molecule has 1 saturated carbocycles. The first-order valence-electron chi connectivity index (χ1n) is 7.41. The van der Waals surface area contributed by atoms with Gasteiger partial charge in [-0.05, 0) is 30.6 Å². The fraction of sp³-hybridized carbons (Fsp3) is 1.00. The second-order valence-corrected chi connectivity index (χ2v) is 7.09. The zero-order chi connectivity index (χ0) is 12.6. The molecule has 2 aliphatic rings. The lowest BCUT2D eigenvalue weighted by Crippen LogP contribution is -2.57. The van der Waals surface area contributed by atoms with Gasteiger partial charge in [0, 0.05) is 31.7 Å². The highest BCUT2D eigenvalue weighted by atomic mass is 15.2. The zero-order valence-electron chi connectivity index (χ0n) is 12.3. The summed E-state index contributed by atoms with van der Waals surface area (Å²) >= 11 is 0. The highest BCUT2D eigenvalue weighted by Crippen LogP contribution is 2.52. The van der Waals surface area contributed by atoms with Crippen LogP contribution in [0.5, 0.6) is 0 Å². The molecule has 4 atom stereocenters. The molecular formula is C15H30N2. The summed E-state index contributed by atoms with van der Waals surface area (Å²) in [4.78, 5) is 2.73. The van der Waals surface area contributed by atoms with Crippen LogP contribution in [0.3, 0.4) is 0 Å². The molecule has 1 N–H and O–H groups in total. The Hall–Kier alpha value is -0.0800. The molecular weight excluding hydrogens is 208 g/mol. The minimum Gasteiger partial charge on any atom is -0.311 e. The van der Waals surface area contributed by atoms with E-state index in [2.05, 4.69) is 44.8 Å². The van der Waals surface area contributed by atoms with Crippen LogP contribution in [0.15, 0.2) is 0 Å². The van der Waals surface area contributed by atoms with Crippen LogP contribution in [0.25, 0.3) is 0 Å². The maximum absolute atomic E-state index is 3.72. The van der Waals surface area contributed by atoms with Crippen LogP contribution in [0.4, 0.5) is 0 Å². The SMILES string of the molecule is CCC(C)C1CN(CC2CC2(C)C)C(C)CN1. The summed E-state index contributed by atoms with van der Waals surface area (Å²) in [7, 11) is 0. The Labute approximate surface area is 107 Å². The zero-order valence-corrected chi connectivity index (χ0v) is 12.3. The Balaban J connectivity index is 1.87. The van der Waals surface area contributed by atoms with Gasteiger partial charge in [-0.15, -0.1) is 0 Å². The van der Waals surface area contributed by atoms with E-state index in [1.807, 2.05) is 0 Å². The number of rotatable bonds is 4. The summed E-state index contributed by atoms with van der Waals surface area (Å²) < 4.78 is 0. The minimum atomic E-state index is 0.621. The van der Waals surface area contributed by atoms with Gasteiger partial charge >= 0.3 is 0 Å². The first-order valence-corrected chi connectivity index (χ1v) is 7.41. The third-order valence-electron chi connectivity index (χ3n) is 5.23. The van der Waals surface area contributed by atoms with Crippen molar-refractivity contribution < 1.29 is 0 Å². The van der Waals surface area contributed by atoms with Crippen molar-refractivity contribution in [3.63, 3.8) is 0 Å². The van der Waals surface area contributed by atoms with Gasteiger partial charge in [0.2, 0.25) is 0 Å². The molecule has 0 radical (unpaired) electrons. The molecule has 100 valence electrons. The first kappa shape index (κ1) is 13.4. The standard InChI is InChI=1S/C15H30N2/c1-6-11(2)14-10-17(12(3)8-16-14)9-13-7-15(13,4)5/h11-14,16H,6-10H2,1-5H3. The molecule has 2 heteroatoms. The number of nitrogens with zero attached hydrogens (tertiary/aromatic N) is 1. The van der Waals surface area contributed by atoms with Gasteiger partial charge in [-0.25, -0.2) is 0 Å². The molecule has 1 aliphatic carbocycles. The summed E-state index contributed by atoms with van der Waals surface area (Å²) in [5.74, 6) is 1.75. The van der Waals surface area contributed by atoms with E-state index >= 15 is 0 Å². The van der Waals surface area contributed by atoms with Crippen LogP contribution in [-0.4, -0.2) is 36.6 Å². The van der Waals surface area contributed by atoms with E-state index < -0.39 is 0 Å². The van der Waals surface area contributed by atoms with Crippen LogP contribution in [0.1, 0.15) is 47.5 Å². The fourth-order valence-corrected chi connectivity index (χ4v) is 3.04. The van der Waals surface area contributed by atoms with Crippen molar-refractivity contribution in [1.82, 2.24) is 10.2 Å². The van der Waals surface area contributed by atoms with Gasteiger partial charge in [-0.1, -0.05) is 34.1 Å². The Kier molecular flexibility index (Phi) is 3.84. The molecule has 1 heterocycles. The molecule has 2 rings (SSSR count). The summed E-state index contributed by atoms with van der Waals surface area (Å²) in [6.07, 6.45) is 2.71. The van der Waals surface area contributed by atoms with Crippen molar-refractivity contribution >= 4 is 0 Å². The fourth-order valence-electron chi connectivity index (χ4n) is 3.04. The second-order valence-electron chi connectivity index (χ2n) is 7.09. The lowest BCUT2D eigenvalue weighted by molar-refractivity contribution is 0.110. The molecule has 0 spiro atoms. The lowest BCUT2D eigenvalue weighted by atomic mass is 9.95. The topological polar surface area (TPSA) is 15.3 Å². The average molecular weight is 238 g/mol. The molecule has 0 amide bonds. The molecule has 0 bridgehead atoms. The third-order valence-corrected chi connectivity index (χ3v) is 5.23. The molecule has 4 unspecified atom stereocenters. The predicted molar refractivity (Wildman–Crippen MR) is 74.2 cm³/mol. The van der Waals surface area contributed by atoms with E-state index in [9.17, 15) is 0 Å². The maximum atomic E-state index is 3.72. The van der Waals surface area contributed by atoms with E-state index in [0.29, 0.717) is 17.5 Å². The van der Waals surface area contributed by atoms with Gasteiger partial charge in [0.25, 0.3) is 0 Å². The second kappa shape index (κ2) is 4.89. The summed E-state index contributed by atoms with van der Waals surface area (Å²) in [5, 5.41) is 3.72. The van der Waals surface area contributed by atoms with Gasteiger partial charge < -0.3 is 5.32 Å². The Morgan fingerprint density at radius 1 is 1.41 bits per heavy atom. The van der Waals surface area contributed by atoms with Crippen LogP contribution >= 0.6 is 0 Å². The summed E-state index contributed by atoms with van der Waals surface area (Å²) in [6, 6.07) is 1.42. The van der Waals surface area contributed by atoms with Crippen molar-refractivity contribution in [1.29, 1.82) is 0 Å². The quantitative estimate of drug-likeness (QED) is 0.810. The van der Waals surface area contributed by atoms with Gasteiger partial charge in [0.1, 0.15) is 0 Å². The largest absolute Gasteiger partial charge is 0.311 e. The van der Waals surface area contributed by atoms with E-state index in [4.69, 9.17) is 0 Å². The van der Waals surface area contributed by atoms with Crippen molar-refractivity contribution in [2.24, 2.45) is 17.3 Å². The van der Waals surface area contributed by atoms with E-state index in [1.54, 1.807) is 0 Å². The molecule has 0 aromatic heterocycles. The number of nitrogens with one attached hydrogen (secondary N) is 1. The van der Waals surface area contributed by atoms with Crippen molar-refractivity contribution in [2.45, 2.75) is 59.5 Å². The van der Waals surface area contributed by atoms with Crippen LogP contribution < -0.4 is 5.32 Å². The van der Waals surface area contributed by atoms with Gasteiger partial charge in [0.05, 0.1) is 0 Å². The van der Waals surface area contributed by atoms with Gasteiger partial charge in [-0.2, -0.15) is 0 Å². The van der Waals surface area contributed by atoms with Crippen molar-refractivity contribution in [3.8, 4) is 0 Å². The first-order chi connectivity index (χ1) is 7.94. The smallest absolute Gasteiger partial charge is 0.0221 e. The van der Waals surface area contributed by atoms with Gasteiger partial charge in [-0.3, -0.25) is 4.90 Å². The monoisotopic (exact) mass is 238 g/mol. The summed E-state index contributed by atoms with van der Waals surface area (Å²) in [5.41, 5.74) is 0.621. The molecule has 2 nitrogen and oxygen atoms in total. The molecule has 2 fully saturated rings. The Morgan fingerprint density at radius 3 is 2.59 bits per heavy atom. The average Bonchev–Trinajstić information content (AvgIpc) is 2.88. The van der Waals surface area contributed by atoms with Crippen LogP contribution in [0, 0.1) is 17.3 Å². The maximum Gasteiger partial charge on any atom is 0.0221 e. The number of hydrogen-bond donors (Lipinski definition) is 1. The highest BCUT2D eigenvalue weighted by molar-refractivity contribution is 4.98. The van der Waals surface area contributed by atoms with Gasteiger partial charge in [0.15, 0.2) is 0 Å². The number of piperazine rings is 1. The Morgan fingerprint density at radius 2 is 2.06 bits per heavy atom. The van der Waals surface area contributed by atoms with E-state index in [0.717, 1.165) is 11.8 Å². The van der Waals surface area contributed by atoms with Crippen molar-refractivity contribution in [3.05, 3.63) is 0 Å². The predicted octanol–water partition coefficient (Wildman–Crippen LogP) is 2.74. The molecule has 1 aliphatic heterocycles. The van der Waals surface area contributed by atoms with Crippen molar-refractivity contribution in [2.75, 3.05) is 19.6 Å². The molecule has 0 aromatic carbocycles. The lowest BCUT2D eigenvalue weighted by Gasteiger charge is -2.41. The highest BCUT2D eigenvalue weighted by Gasteiger charge is 2.46. The van der Waals surface area contributed by atoms with Crippen LogP contribution in [0.2, 0.25) is 0 Å². The number of hydrogen-bond acceptors (Lipinski definition) is 2. The van der Waals surface area contributed by atoms with E-state index in [1.165, 1.54) is 32.5 Å². The summed E-state index contributed by atoms with van der Waals surface area (Å²) in [6.45, 7) is 15.6. The molecule has 17 heavy (non-hydrogen) atoms. The molecule has 1 saturated heterocycles. The molecule has 0 aromatic rings. The normalized spacial score (nSPS) is 39.0. The Bertz CT molecular complexity index is 262. The minimum absolute atomic E-state index is 0.621. The van der Waals surface area contributed by atoms with E-state index in [-0.39, 0.29) is 0 Å². The third kappa shape index (κ3) is 3.03.